The van der Waals surface area contributed by atoms with Gasteiger partial charge in [0.25, 0.3) is 5.91 Å². The van der Waals surface area contributed by atoms with Gasteiger partial charge in [0.1, 0.15) is 5.75 Å². The van der Waals surface area contributed by atoms with Gasteiger partial charge in [-0.1, -0.05) is 59.9 Å². The zero-order valence-electron chi connectivity index (χ0n) is 13.0. The Balaban J connectivity index is 1.47. The fraction of sp³-hybridized carbons (Fsp3) is 0.0588. The molecule has 0 saturated heterocycles. The minimum atomic E-state index is -0.282. The third-order valence-electron chi connectivity index (χ3n) is 3.38. The van der Waals surface area contributed by atoms with Crippen LogP contribution in [0.2, 0.25) is 0 Å². The highest BCUT2D eigenvalue weighted by molar-refractivity contribution is 7.20. The average Bonchev–Trinajstić information content (AvgIpc) is 3.21. The number of para-hydroxylation sites is 1. The van der Waals surface area contributed by atoms with Crippen LogP contribution in [0.25, 0.3) is 16.3 Å². The largest absolute Gasteiger partial charge is 0.484 e. The molecule has 0 spiro atoms. The van der Waals surface area contributed by atoms with E-state index in [-0.39, 0.29) is 12.5 Å². The molecule has 0 aliphatic rings. The van der Waals surface area contributed by atoms with Gasteiger partial charge in [0, 0.05) is 5.56 Å². The molecule has 4 aromatic rings. The molecular weight excluding hydrogens is 338 g/mol. The van der Waals surface area contributed by atoms with E-state index >= 15 is 0 Å². The number of hydrogen-bond acceptors (Lipinski definition) is 6. The number of aromatic nitrogens is 4. The lowest BCUT2D eigenvalue weighted by molar-refractivity contribution is -0.118. The van der Waals surface area contributed by atoms with Crippen molar-refractivity contribution in [3.8, 4) is 17.1 Å². The summed E-state index contributed by atoms with van der Waals surface area (Å²) in [5.74, 6) is 0.991. The summed E-state index contributed by atoms with van der Waals surface area (Å²) in [5.41, 5.74) is 0.908. The van der Waals surface area contributed by atoms with Gasteiger partial charge >= 0.3 is 0 Å². The Bertz CT molecular complexity index is 998. The van der Waals surface area contributed by atoms with Crippen molar-refractivity contribution in [2.45, 2.75) is 0 Å². The second-order valence-corrected chi connectivity index (χ2v) is 6.10. The highest BCUT2D eigenvalue weighted by Gasteiger charge is 2.14. The van der Waals surface area contributed by atoms with E-state index in [1.807, 2.05) is 48.5 Å². The van der Waals surface area contributed by atoms with Crippen molar-refractivity contribution >= 4 is 27.3 Å². The molecule has 1 amide bonds. The molecule has 2 aromatic heterocycles. The molecule has 0 saturated carbocycles. The number of carbonyl (C=O) groups excluding carboxylic acids is 1. The first-order chi connectivity index (χ1) is 12.3. The van der Waals surface area contributed by atoms with Crippen molar-refractivity contribution in [3.63, 3.8) is 0 Å². The first kappa shape index (κ1) is 15.3. The molecule has 8 heteroatoms. The molecule has 0 atom stereocenters. The van der Waals surface area contributed by atoms with E-state index in [4.69, 9.17) is 4.74 Å². The fourth-order valence-electron chi connectivity index (χ4n) is 2.26. The number of carbonyl (C=O) groups is 1. The lowest BCUT2D eigenvalue weighted by atomic mass is 10.2. The lowest BCUT2D eigenvalue weighted by Gasteiger charge is -2.04. The van der Waals surface area contributed by atoms with E-state index in [9.17, 15) is 4.79 Å². The van der Waals surface area contributed by atoms with Crippen molar-refractivity contribution in [1.82, 2.24) is 19.8 Å². The van der Waals surface area contributed by atoms with Gasteiger partial charge in [-0.25, -0.2) is 0 Å². The zero-order valence-corrected chi connectivity index (χ0v) is 13.8. The van der Waals surface area contributed by atoms with Crippen LogP contribution in [0.5, 0.6) is 5.75 Å². The molecule has 2 heterocycles. The summed E-state index contributed by atoms with van der Waals surface area (Å²) in [5, 5.41) is 15.8. The van der Waals surface area contributed by atoms with Gasteiger partial charge in [-0.05, 0) is 12.1 Å². The molecule has 0 aliphatic heterocycles. The van der Waals surface area contributed by atoms with Gasteiger partial charge in [0.2, 0.25) is 10.1 Å². The summed E-state index contributed by atoms with van der Waals surface area (Å²) < 4.78 is 7.04. The smallest absolute Gasteiger partial charge is 0.264 e. The Kier molecular flexibility index (Phi) is 4.09. The van der Waals surface area contributed by atoms with Crippen LogP contribution in [0, 0.1) is 0 Å². The molecule has 2 aromatic carbocycles. The molecule has 1 N–H and O–H groups in total. The quantitative estimate of drug-likeness (QED) is 0.598. The molecule has 4 rings (SSSR count). The van der Waals surface area contributed by atoms with Crippen LogP contribution >= 0.6 is 11.3 Å². The van der Waals surface area contributed by atoms with Crippen LogP contribution in [0.4, 0.5) is 5.13 Å². The van der Waals surface area contributed by atoms with E-state index in [2.05, 4.69) is 20.6 Å². The van der Waals surface area contributed by atoms with Gasteiger partial charge in [-0.3, -0.25) is 10.1 Å². The Morgan fingerprint density at radius 3 is 2.52 bits per heavy atom. The van der Waals surface area contributed by atoms with Crippen molar-refractivity contribution < 1.29 is 9.53 Å². The van der Waals surface area contributed by atoms with Crippen LogP contribution < -0.4 is 10.1 Å². The maximum atomic E-state index is 12.0. The molecule has 7 nitrogen and oxygen atoms in total. The van der Waals surface area contributed by atoms with E-state index in [0.717, 1.165) is 5.56 Å². The molecule has 0 radical (unpaired) electrons. The average molecular weight is 351 g/mol. The number of amides is 1. The number of hydrogen-bond donors (Lipinski definition) is 1. The number of nitrogens with one attached hydrogen (secondary N) is 1. The molecule has 25 heavy (non-hydrogen) atoms. The number of ether oxygens (including phenoxy) is 1. The maximum absolute atomic E-state index is 12.0. The van der Waals surface area contributed by atoms with Gasteiger partial charge in [-0.2, -0.15) is 4.52 Å². The molecule has 0 fully saturated rings. The Labute approximate surface area is 146 Å². The second kappa shape index (κ2) is 6.70. The first-order valence-corrected chi connectivity index (χ1v) is 8.36. The number of anilines is 1. The monoisotopic (exact) mass is 351 g/mol. The van der Waals surface area contributed by atoms with Gasteiger partial charge in [-0.15, -0.1) is 15.3 Å². The van der Waals surface area contributed by atoms with Crippen molar-refractivity contribution in [1.29, 1.82) is 0 Å². The number of benzene rings is 2. The summed E-state index contributed by atoms with van der Waals surface area (Å²) in [7, 11) is 0. The predicted octanol–water partition coefficient (Wildman–Crippen LogP) is 2.87. The van der Waals surface area contributed by atoms with Crippen LogP contribution in [0.15, 0.2) is 60.7 Å². The minimum Gasteiger partial charge on any atom is -0.484 e. The van der Waals surface area contributed by atoms with Gasteiger partial charge in [0.05, 0.1) is 0 Å². The maximum Gasteiger partial charge on any atom is 0.264 e. The van der Waals surface area contributed by atoms with E-state index in [1.54, 1.807) is 16.6 Å². The normalized spacial score (nSPS) is 10.7. The minimum absolute atomic E-state index is 0.0876. The molecule has 0 bridgehead atoms. The van der Waals surface area contributed by atoms with Crippen LogP contribution in [-0.2, 0) is 4.79 Å². The summed E-state index contributed by atoms with van der Waals surface area (Å²) in [6, 6.07) is 18.8. The predicted molar refractivity (Wildman–Crippen MR) is 94.7 cm³/mol. The molecular formula is C17H13N5O2S. The standard InChI is InChI=1S/C17H13N5O2S/c23-14(11-24-13-9-5-2-6-10-13)18-16-21-22-15(19-20-17(22)25-16)12-7-3-1-4-8-12/h1-10H,11H2,(H,18,21,23). The van der Waals surface area contributed by atoms with Gasteiger partial charge in [0.15, 0.2) is 12.4 Å². The van der Waals surface area contributed by atoms with Crippen LogP contribution in [0.3, 0.4) is 0 Å². The topological polar surface area (TPSA) is 81.4 Å². The number of nitrogens with zero attached hydrogens (tertiary/aromatic N) is 4. The lowest BCUT2D eigenvalue weighted by Crippen LogP contribution is -2.20. The highest BCUT2D eigenvalue weighted by Crippen LogP contribution is 2.23. The summed E-state index contributed by atoms with van der Waals surface area (Å²) in [6.07, 6.45) is 0. The van der Waals surface area contributed by atoms with Crippen molar-refractivity contribution in [3.05, 3.63) is 60.7 Å². The Hall–Kier alpha value is -3.26. The second-order valence-electron chi connectivity index (χ2n) is 5.14. The molecule has 124 valence electrons. The molecule has 0 unspecified atom stereocenters. The molecule has 0 aliphatic carbocycles. The van der Waals surface area contributed by atoms with Crippen LogP contribution in [0.1, 0.15) is 0 Å². The fourth-order valence-corrected chi connectivity index (χ4v) is 3.01. The Morgan fingerprint density at radius 1 is 1.04 bits per heavy atom. The van der Waals surface area contributed by atoms with E-state index in [1.165, 1.54) is 11.3 Å². The zero-order chi connectivity index (χ0) is 17.1. The van der Waals surface area contributed by atoms with Crippen molar-refractivity contribution in [2.75, 3.05) is 11.9 Å². The van der Waals surface area contributed by atoms with Gasteiger partial charge < -0.3 is 4.74 Å². The summed E-state index contributed by atoms with van der Waals surface area (Å²) >= 11 is 1.25. The van der Waals surface area contributed by atoms with E-state index < -0.39 is 0 Å². The highest BCUT2D eigenvalue weighted by atomic mass is 32.1. The number of rotatable bonds is 5. The SMILES string of the molecule is O=C(COc1ccccc1)Nc1nn2c(-c3ccccc3)nnc2s1. The first-order valence-electron chi connectivity index (χ1n) is 7.55. The third-order valence-corrected chi connectivity index (χ3v) is 4.20. The Morgan fingerprint density at radius 2 is 1.76 bits per heavy atom. The third kappa shape index (κ3) is 3.33. The summed E-state index contributed by atoms with van der Waals surface area (Å²) in [6.45, 7) is -0.0876. The van der Waals surface area contributed by atoms with Crippen molar-refractivity contribution in [2.24, 2.45) is 0 Å². The summed E-state index contributed by atoms with van der Waals surface area (Å²) in [4.78, 5) is 12.6. The van der Waals surface area contributed by atoms with E-state index in [0.29, 0.717) is 21.7 Å². The van der Waals surface area contributed by atoms with Crippen LogP contribution in [-0.4, -0.2) is 32.3 Å². The number of fused-ring (bicyclic) bond motifs is 1.